The summed E-state index contributed by atoms with van der Waals surface area (Å²) in [6.07, 6.45) is 0. The van der Waals surface area contributed by atoms with Gasteiger partial charge in [0, 0.05) is 17.3 Å². The fraction of sp³-hybridized carbons (Fsp3) is 0.364. The number of carbonyl (C=O) groups is 1. The molecule has 0 amide bonds. The number of benzene rings is 1. The van der Waals surface area contributed by atoms with Gasteiger partial charge in [-0.2, -0.15) is 0 Å². The van der Waals surface area contributed by atoms with Crippen LogP contribution in [0.3, 0.4) is 0 Å². The van der Waals surface area contributed by atoms with Crippen molar-refractivity contribution in [2.45, 2.75) is 12.5 Å². The fourth-order valence-corrected chi connectivity index (χ4v) is 1.68. The molecule has 0 saturated carbocycles. The Morgan fingerprint density at radius 3 is 2.69 bits per heavy atom. The van der Waals surface area contributed by atoms with E-state index in [1.165, 1.54) is 7.11 Å². The van der Waals surface area contributed by atoms with E-state index in [-0.39, 0.29) is 6.61 Å². The molecule has 0 heterocycles. The third-order valence-corrected chi connectivity index (χ3v) is 2.88. The zero-order valence-electron chi connectivity index (χ0n) is 9.16. The van der Waals surface area contributed by atoms with Crippen molar-refractivity contribution in [3.63, 3.8) is 0 Å². The van der Waals surface area contributed by atoms with Gasteiger partial charge in [-0.25, -0.2) is 4.79 Å². The Morgan fingerprint density at radius 1 is 1.56 bits per heavy atom. The lowest BCUT2D eigenvalue weighted by molar-refractivity contribution is -0.143. The molecule has 2 N–H and O–H groups in total. The number of hydrogen-bond acceptors (Lipinski definition) is 3. The normalized spacial score (nSPS) is 14.2. The van der Waals surface area contributed by atoms with E-state index >= 15 is 0 Å². The molecular weight excluding hydrogens is 274 g/mol. The van der Waals surface area contributed by atoms with Gasteiger partial charge in [-0.3, -0.25) is 0 Å². The molecule has 0 saturated heterocycles. The molecule has 1 rings (SSSR count). The third-order valence-electron chi connectivity index (χ3n) is 2.19. The van der Waals surface area contributed by atoms with E-state index in [4.69, 9.17) is 9.84 Å². The lowest BCUT2D eigenvalue weighted by atomic mass is 10.0. The van der Waals surface area contributed by atoms with E-state index in [0.29, 0.717) is 0 Å². The summed E-state index contributed by atoms with van der Waals surface area (Å²) in [7, 11) is 1.48. The van der Waals surface area contributed by atoms with Gasteiger partial charge in [0.25, 0.3) is 0 Å². The van der Waals surface area contributed by atoms with E-state index in [1.807, 2.05) is 18.2 Å². The van der Waals surface area contributed by atoms with Gasteiger partial charge in [0.05, 0.1) is 6.61 Å². The summed E-state index contributed by atoms with van der Waals surface area (Å²) in [5.41, 5.74) is -0.414. The first-order chi connectivity index (χ1) is 7.49. The average molecular weight is 288 g/mol. The number of anilines is 1. The van der Waals surface area contributed by atoms with Crippen molar-refractivity contribution >= 4 is 27.6 Å². The Hall–Kier alpha value is -1.07. The van der Waals surface area contributed by atoms with Gasteiger partial charge < -0.3 is 15.2 Å². The second-order valence-electron chi connectivity index (χ2n) is 3.68. The molecule has 0 aromatic heterocycles. The SMILES string of the molecule is COCC(C)(Nc1ccccc1Br)C(=O)O. The van der Waals surface area contributed by atoms with Crippen molar-refractivity contribution in [2.75, 3.05) is 19.0 Å². The number of halogens is 1. The van der Waals surface area contributed by atoms with Crippen LogP contribution in [0.2, 0.25) is 0 Å². The van der Waals surface area contributed by atoms with E-state index in [2.05, 4.69) is 21.2 Å². The van der Waals surface area contributed by atoms with Crippen LogP contribution in [-0.4, -0.2) is 30.3 Å². The zero-order valence-corrected chi connectivity index (χ0v) is 10.7. The van der Waals surface area contributed by atoms with Gasteiger partial charge in [0.2, 0.25) is 0 Å². The Morgan fingerprint density at radius 2 is 2.19 bits per heavy atom. The van der Waals surface area contributed by atoms with Crippen LogP contribution >= 0.6 is 15.9 Å². The lowest BCUT2D eigenvalue weighted by Crippen LogP contribution is -2.47. The fourth-order valence-electron chi connectivity index (χ4n) is 1.30. The number of carboxylic acid groups (broad SMARTS) is 1. The van der Waals surface area contributed by atoms with E-state index in [1.54, 1.807) is 13.0 Å². The predicted molar refractivity (Wildman–Crippen MR) is 65.7 cm³/mol. The predicted octanol–water partition coefficient (Wildman–Crippen LogP) is 2.35. The molecule has 1 aromatic rings. The van der Waals surface area contributed by atoms with E-state index in [9.17, 15) is 4.79 Å². The summed E-state index contributed by atoms with van der Waals surface area (Å²) in [5, 5.41) is 12.1. The molecule has 1 atom stereocenters. The maximum Gasteiger partial charge on any atom is 0.331 e. The molecule has 0 aliphatic rings. The molecule has 0 aliphatic heterocycles. The summed E-state index contributed by atoms with van der Waals surface area (Å²) in [5.74, 6) is -0.954. The third kappa shape index (κ3) is 2.96. The first-order valence-electron chi connectivity index (χ1n) is 4.74. The maximum atomic E-state index is 11.2. The van der Waals surface area contributed by atoms with Gasteiger partial charge in [-0.1, -0.05) is 12.1 Å². The largest absolute Gasteiger partial charge is 0.479 e. The van der Waals surface area contributed by atoms with Crippen molar-refractivity contribution in [3.8, 4) is 0 Å². The zero-order chi connectivity index (χ0) is 12.2. The number of para-hydroxylation sites is 1. The number of hydrogen-bond donors (Lipinski definition) is 2. The number of methoxy groups -OCH3 is 1. The minimum absolute atomic E-state index is 0.0870. The van der Waals surface area contributed by atoms with E-state index < -0.39 is 11.5 Å². The molecule has 0 aliphatic carbocycles. The number of rotatable bonds is 5. The first kappa shape index (κ1) is 13.0. The lowest BCUT2D eigenvalue weighted by Gasteiger charge is -2.27. The molecule has 0 radical (unpaired) electrons. The number of carboxylic acids is 1. The maximum absolute atomic E-state index is 11.2. The molecule has 16 heavy (non-hydrogen) atoms. The second kappa shape index (κ2) is 5.32. The standard InChI is InChI=1S/C11H14BrNO3/c1-11(7-16-2,10(14)15)13-9-6-4-3-5-8(9)12/h3-6,13H,7H2,1-2H3,(H,14,15). The van der Waals surface area contributed by atoms with Crippen molar-refractivity contribution in [1.29, 1.82) is 0 Å². The Balaban J connectivity index is 2.92. The number of nitrogens with one attached hydrogen (secondary N) is 1. The molecule has 0 fully saturated rings. The Labute approximate surface area is 103 Å². The molecule has 1 unspecified atom stereocenters. The van der Waals surface area contributed by atoms with Crippen molar-refractivity contribution in [2.24, 2.45) is 0 Å². The van der Waals surface area contributed by atoms with Crippen LogP contribution in [0.25, 0.3) is 0 Å². The van der Waals surface area contributed by atoms with Crippen LogP contribution < -0.4 is 5.32 Å². The summed E-state index contributed by atoms with van der Waals surface area (Å²) in [4.78, 5) is 11.2. The van der Waals surface area contributed by atoms with Crippen molar-refractivity contribution in [1.82, 2.24) is 0 Å². The Bertz CT molecular complexity index is 383. The summed E-state index contributed by atoms with van der Waals surface area (Å²) in [6, 6.07) is 7.35. The Kier molecular flexibility index (Phi) is 4.32. The smallest absolute Gasteiger partial charge is 0.331 e. The first-order valence-corrected chi connectivity index (χ1v) is 5.54. The molecule has 4 nitrogen and oxygen atoms in total. The van der Waals surface area contributed by atoms with Crippen LogP contribution in [0.5, 0.6) is 0 Å². The van der Waals surface area contributed by atoms with E-state index in [0.717, 1.165) is 10.2 Å². The number of aliphatic carboxylic acids is 1. The van der Waals surface area contributed by atoms with Crippen LogP contribution in [-0.2, 0) is 9.53 Å². The van der Waals surface area contributed by atoms with Gasteiger partial charge in [0.15, 0.2) is 5.54 Å². The van der Waals surface area contributed by atoms with Gasteiger partial charge in [-0.15, -0.1) is 0 Å². The molecule has 1 aromatic carbocycles. The van der Waals surface area contributed by atoms with Crippen molar-refractivity contribution in [3.05, 3.63) is 28.7 Å². The molecule has 0 bridgehead atoms. The van der Waals surface area contributed by atoms with Gasteiger partial charge in [0.1, 0.15) is 0 Å². The molecule has 5 heteroatoms. The topological polar surface area (TPSA) is 58.6 Å². The summed E-state index contributed by atoms with van der Waals surface area (Å²) < 4.78 is 5.74. The summed E-state index contributed by atoms with van der Waals surface area (Å²) in [6.45, 7) is 1.67. The highest BCUT2D eigenvalue weighted by molar-refractivity contribution is 9.10. The molecule has 88 valence electrons. The quantitative estimate of drug-likeness (QED) is 0.873. The highest BCUT2D eigenvalue weighted by Gasteiger charge is 2.33. The van der Waals surface area contributed by atoms with Crippen LogP contribution in [0, 0.1) is 0 Å². The monoisotopic (exact) mass is 287 g/mol. The highest BCUT2D eigenvalue weighted by Crippen LogP contribution is 2.25. The minimum Gasteiger partial charge on any atom is -0.479 e. The average Bonchev–Trinajstić information content (AvgIpc) is 2.21. The molecule has 0 spiro atoms. The molecular formula is C11H14BrNO3. The van der Waals surface area contributed by atoms with Gasteiger partial charge in [-0.05, 0) is 35.0 Å². The van der Waals surface area contributed by atoms with Crippen LogP contribution in [0.15, 0.2) is 28.7 Å². The number of ether oxygens (including phenoxy) is 1. The van der Waals surface area contributed by atoms with Gasteiger partial charge >= 0.3 is 5.97 Å². The van der Waals surface area contributed by atoms with Crippen molar-refractivity contribution < 1.29 is 14.6 Å². The minimum atomic E-state index is -1.14. The summed E-state index contributed by atoms with van der Waals surface area (Å²) >= 11 is 3.35. The van der Waals surface area contributed by atoms with Crippen LogP contribution in [0.1, 0.15) is 6.92 Å². The highest BCUT2D eigenvalue weighted by atomic mass is 79.9. The second-order valence-corrected chi connectivity index (χ2v) is 4.53. The van der Waals surface area contributed by atoms with Crippen LogP contribution in [0.4, 0.5) is 5.69 Å².